The number of nitrogens with one attached hydrogen (secondary N) is 2. The number of anilines is 2. The highest BCUT2D eigenvalue weighted by Crippen LogP contribution is 2.25. The Morgan fingerprint density at radius 3 is 2.84 bits per heavy atom. The highest BCUT2D eigenvalue weighted by molar-refractivity contribution is 6.02. The second-order valence-electron chi connectivity index (χ2n) is 4.78. The van der Waals surface area contributed by atoms with Crippen LogP contribution in [0.3, 0.4) is 0 Å². The normalized spacial score (nSPS) is 17.3. The molecule has 0 fully saturated rings. The van der Waals surface area contributed by atoms with Gasteiger partial charge in [0.05, 0.1) is 5.69 Å². The fourth-order valence-electron chi connectivity index (χ4n) is 2.22. The van der Waals surface area contributed by atoms with E-state index >= 15 is 0 Å². The third-order valence-electron chi connectivity index (χ3n) is 3.19. The van der Waals surface area contributed by atoms with Crippen LogP contribution in [0.1, 0.15) is 11.1 Å². The molecule has 1 aromatic carbocycles. The first-order valence-corrected chi connectivity index (χ1v) is 6.30. The minimum absolute atomic E-state index is 0.0104. The number of hydrogen-bond donors (Lipinski definition) is 2. The molecule has 1 unspecified atom stereocenters. The van der Waals surface area contributed by atoms with Crippen molar-refractivity contribution in [1.82, 2.24) is 4.98 Å². The number of hydrogen-bond acceptors (Lipinski definition) is 3. The molecule has 1 aromatic heterocycles. The fraction of sp³-hybridized carbons (Fsp3) is 0.200. The van der Waals surface area contributed by atoms with E-state index in [4.69, 9.17) is 0 Å². The molecule has 4 nitrogen and oxygen atoms in total. The Morgan fingerprint density at radius 2 is 2.05 bits per heavy atom. The van der Waals surface area contributed by atoms with Crippen molar-refractivity contribution in [3.05, 3.63) is 53.7 Å². The largest absolute Gasteiger partial charge is 0.356 e. The Kier molecular flexibility index (Phi) is 2.91. The molecule has 1 aliphatic heterocycles. The van der Waals surface area contributed by atoms with E-state index in [9.17, 15) is 4.79 Å². The zero-order valence-electron chi connectivity index (χ0n) is 10.7. The van der Waals surface area contributed by atoms with Gasteiger partial charge in [-0.25, -0.2) is 4.98 Å². The van der Waals surface area contributed by atoms with E-state index < -0.39 is 0 Å². The van der Waals surface area contributed by atoms with Crippen LogP contribution >= 0.6 is 0 Å². The monoisotopic (exact) mass is 253 g/mol. The summed E-state index contributed by atoms with van der Waals surface area (Å²) < 4.78 is 0. The van der Waals surface area contributed by atoms with Crippen LogP contribution in [0.15, 0.2) is 42.6 Å². The molecule has 0 saturated heterocycles. The van der Waals surface area contributed by atoms with E-state index in [2.05, 4.69) is 15.6 Å². The van der Waals surface area contributed by atoms with E-state index in [1.165, 1.54) is 0 Å². The topological polar surface area (TPSA) is 54.0 Å². The summed E-state index contributed by atoms with van der Waals surface area (Å²) in [6.07, 6.45) is 2.45. The number of rotatable bonds is 2. The van der Waals surface area contributed by atoms with Crippen LogP contribution in [-0.2, 0) is 11.2 Å². The van der Waals surface area contributed by atoms with Crippen LogP contribution in [-0.4, -0.2) is 16.9 Å². The molecule has 1 atom stereocenters. The van der Waals surface area contributed by atoms with Crippen molar-refractivity contribution in [1.29, 1.82) is 0 Å². The van der Waals surface area contributed by atoms with Crippen LogP contribution in [0, 0.1) is 6.92 Å². The lowest BCUT2D eigenvalue weighted by molar-refractivity contribution is -0.117. The van der Waals surface area contributed by atoms with Gasteiger partial charge in [-0.1, -0.05) is 30.3 Å². The van der Waals surface area contributed by atoms with Gasteiger partial charge in [0, 0.05) is 12.6 Å². The second kappa shape index (κ2) is 4.72. The van der Waals surface area contributed by atoms with Gasteiger partial charge in [-0.15, -0.1) is 0 Å². The van der Waals surface area contributed by atoms with Gasteiger partial charge >= 0.3 is 0 Å². The van der Waals surface area contributed by atoms with Gasteiger partial charge in [0.2, 0.25) is 5.91 Å². The molecule has 2 heterocycles. The highest BCUT2D eigenvalue weighted by Gasteiger charge is 2.26. The maximum absolute atomic E-state index is 12.1. The lowest BCUT2D eigenvalue weighted by Gasteiger charge is -2.26. The summed E-state index contributed by atoms with van der Waals surface area (Å²) in [6.45, 7) is 1.95. The molecule has 4 heteroatoms. The molecular weight excluding hydrogens is 238 g/mol. The summed E-state index contributed by atoms with van der Waals surface area (Å²) in [5.74, 6) is 0.731. The quantitative estimate of drug-likeness (QED) is 0.864. The first-order valence-electron chi connectivity index (χ1n) is 6.30. The Morgan fingerprint density at radius 1 is 1.26 bits per heavy atom. The molecule has 0 aliphatic carbocycles. The first kappa shape index (κ1) is 11.7. The summed E-state index contributed by atoms with van der Waals surface area (Å²) in [7, 11) is 0. The van der Waals surface area contributed by atoms with Gasteiger partial charge in [0.1, 0.15) is 11.9 Å². The summed E-state index contributed by atoms with van der Waals surface area (Å²) >= 11 is 0. The van der Waals surface area contributed by atoms with Gasteiger partial charge in [-0.3, -0.25) is 4.79 Å². The van der Waals surface area contributed by atoms with E-state index in [0.717, 1.165) is 22.6 Å². The number of carbonyl (C=O) groups excluding carboxylic acids is 1. The molecule has 96 valence electrons. The third-order valence-corrected chi connectivity index (χ3v) is 3.19. The molecule has 0 radical (unpaired) electrons. The van der Waals surface area contributed by atoms with Gasteiger partial charge in [0.25, 0.3) is 0 Å². The Bertz CT molecular complexity index is 610. The van der Waals surface area contributed by atoms with E-state index in [1.54, 1.807) is 6.20 Å². The maximum atomic E-state index is 12.1. The number of amides is 1. The van der Waals surface area contributed by atoms with Crippen molar-refractivity contribution < 1.29 is 4.79 Å². The number of aromatic nitrogens is 1. The Hall–Kier alpha value is -2.36. The van der Waals surface area contributed by atoms with Crippen LogP contribution in [0.4, 0.5) is 11.5 Å². The van der Waals surface area contributed by atoms with Crippen molar-refractivity contribution in [3.8, 4) is 0 Å². The molecule has 1 amide bonds. The smallest absolute Gasteiger partial charge is 0.247 e. The van der Waals surface area contributed by atoms with Gasteiger partial charge in [0.15, 0.2) is 0 Å². The average Bonchev–Trinajstić information content (AvgIpc) is 2.41. The summed E-state index contributed by atoms with van der Waals surface area (Å²) in [6, 6.07) is 11.6. The molecule has 1 aliphatic rings. The van der Waals surface area contributed by atoms with E-state index in [-0.39, 0.29) is 11.9 Å². The second-order valence-corrected chi connectivity index (χ2v) is 4.78. The van der Waals surface area contributed by atoms with E-state index in [1.807, 2.05) is 43.3 Å². The molecule has 0 bridgehead atoms. The molecule has 2 N–H and O–H groups in total. The Balaban J connectivity index is 1.82. The number of benzene rings is 1. The van der Waals surface area contributed by atoms with Crippen molar-refractivity contribution in [2.75, 3.05) is 10.6 Å². The molecular formula is C15H15N3O. The van der Waals surface area contributed by atoms with Crippen molar-refractivity contribution >= 4 is 17.4 Å². The SMILES string of the molecule is Cc1cnc2c(c1)NC(=O)C(Cc1ccccc1)N2. The number of carbonyl (C=O) groups is 1. The van der Waals surface area contributed by atoms with E-state index in [0.29, 0.717) is 6.42 Å². The minimum atomic E-state index is -0.273. The fourth-order valence-corrected chi connectivity index (χ4v) is 2.22. The molecule has 0 saturated carbocycles. The van der Waals surface area contributed by atoms with Gasteiger partial charge in [-0.2, -0.15) is 0 Å². The number of pyridine rings is 1. The van der Waals surface area contributed by atoms with Crippen molar-refractivity contribution in [2.45, 2.75) is 19.4 Å². The summed E-state index contributed by atoms with van der Waals surface area (Å²) in [4.78, 5) is 16.4. The Labute approximate surface area is 111 Å². The molecule has 0 spiro atoms. The zero-order chi connectivity index (χ0) is 13.2. The standard InChI is InChI=1S/C15H15N3O/c1-10-7-12-14(16-9-10)17-13(15(19)18-12)8-11-5-3-2-4-6-11/h2-7,9,13H,8H2,1H3,(H,16,17)(H,18,19). The number of nitrogens with zero attached hydrogens (tertiary/aromatic N) is 1. The van der Waals surface area contributed by atoms with Crippen LogP contribution in [0.2, 0.25) is 0 Å². The predicted octanol–water partition coefficient (Wildman–Crippen LogP) is 2.37. The summed E-state index contributed by atoms with van der Waals surface area (Å²) in [5.41, 5.74) is 2.92. The first-order chi connectivity index (χ1) is 9.22. The number of aryl methyl sites for hydroxylation is 1. The van der Waals surface area contributed by atoms with Crippen molar-refractivity contribution in [3.63, 3.8) is 0 Å². The lowest BCUT2D eigenvalue weighted by atomic mass is 10.0. The van der Waals surface area contributed by atoms with Crippen LogP contribution in [0.5, 0.6) is 0 Å². The number of fused-ring (bicyclic) bond motifs is 1. The zero-order valence-corrected chi connectivity index (χ0v) is 10.7. The maximum Gasteiger partial charge on any atom is 0.247 e. The van der Waals surface area contributed by atoms with Crippen molar-refractivity contribution in [2.24, 2.45) is 0 Å². The van der Waals surface area contributed by atoms with Crippen LogP contribution < -0.4 is 10.6 Å². The van der Waals surface area contributed by atoms with Crippen LogP contribution in [0.25, 0.3) is 0 Å². The average molecular weight is 253 g/mol. The highest BCUT2D eigenvalue weighted by atomic mass is 16.2. The van der Waals surface area contributed by atoms with Gasteiger partial charge in [-0.05, 0) is 24.1 Å². The summed E-state index contributed by atoms with van der Waals surface area (Å²) in [5, 5.41) is 6.11. The molecule has 19 heavy (non-hydrogen) atoms. The minimum Gasteiger partial charge on any atom is -0.356 e. The predicted molar refractivity (Wildman–Crippen MR) is 75.2 cm³/mol. The third kappa shape index (κ3) is 2.42. The molecule has 3 rings (SSSR count). The van der Waals surface area contributed by atoms with Gasteiger partial charge < -0.3 is 10.6 Å². The lowest BCUT2D eigenvalue weighted by Crippen LogP contribution is -2.40. The molecule has 2 aromatic rings.